The maximum atomic E-state index is 2.57. The first-order valence-electron chi connectivity index (χ1n) is 22.9. The summed E-state index contributed by atoms with van der Waals surface area (Å²) in [5, 5.41) is 2.50. The number of hydrogen-bond donors (Lipinski definition) is 0. The topological polar surface area (TPSA) is 6.48 Å². The fourth-order valence-electron chi connectivity index (χ4n) is 10.1. The van der Waals surface area contributed by atoms with Crippen molar-refractivity contribution >= 4 is 39.2 Å². The van der Waals surface area contributed by atoms with E-state index in [0.29, 0.717) is 5.92 Å². The molecule has 0 saturated heterocycles. The van der Waals surface area contributed by atoms with Gasteiger partial charge in [0.1, 0.15) is 0 Å². The Morgan fingerprint density at radius 2 is 0.788 bits per heavy atom. The lowest BCUT2D eigenvalue weighted by Gasteiger charge is -2.31. The Hall–Kier alpha value is -8.46. The van der Waals surface area contributed by atoms with Crippen molar-refractivity contribution < 1.29 is 0 Å². The highest BCUT2D eigenvalue weighted by molar-refractivity contribution is 5.97. The van der Waals surface area contributed by atoms with E-state index in [1.54, 1.807) is 0 Å². The van der Waals surface area contributed by atoms with E-state index in [0.717, 1.165) is 17.1 Å². The molecule has 10 aromatic carbocycles. The van der Waals surface area contributed by atoms with Gasteiger partial charge in [0.05, 0.1) is 11.7 Å². The van der Waals surface area contributed by atoms with Crippen molar-refractivity contribution in [2.24, 2.45) is 0 Å². The van der Waals surface area contributed by atoms with Crippen LogP contribution < -0.4 is 9.80 Å². The molecule has 2 unspecified atom stereocenters. The summed E-state index contributed by atoms with van der Waals surface area (Å²) in [6, 6.07) is 88.7. The number of rotatable bonds is 9. The minimum Gasteiger partial charge on any atom is -0.333 e. The summed E-state index contributed by atoms with van der Waals surface area (Å²) in [6.07, 6.45) is 9.12. The Morgan fingerprint density at radius 3 is 1.44 bits per heavy atom. The molecule has 0 radical (unpaired) electrons. The number of allylic oxidation sites excluding steroid dienone is 2. The average Bonchev–Trinajstić information content (AvgIpc) is 3.74. The molecule has 2 atom stereocenters. The summed E-state index contributed by atoms with van der Waals surface area (Å²) in [4.78, 5) is 4.94. The van der Waals surface area contributed by atoms with Crippen LogP contribution in [0.3, 0.4) is 0 Å². The zero-order valence-electron chi connectivity index (χ0n) is 36.5. The van der Waals surface area contributed by atoms with Crippen LogP contribution >= 0.6 is 0 Å². The molecule has 0 bridgehead atoms. The van der Waals surface area contributed by atoms with Crippen LogP contribution in [0.5, 0.6) is 0 Å². The van der Waals surface area contributed by atoms with Crippen LogP contribution in [0, 0.1) is 0 Å². The zero-order valence-corrected chi connectivity index (χ0v) is 36.5. The molecule has 1 aliphatic carbocycles. The van der Waals surface area contributed by atoms with Gasteiger partial charge < -0.3 is 9.80 Å². The minimum atomic E-state index is 0.188. The van der Waals surface area contributed by atoms with Crippen LogP contribution in [0.4, 0.5) is 28.4 Å². The van der Waals surface area contributed by atoms with Gasteiger partial charge in [-0.1, -0.05) is 218 Å². The average molecular weight is 843 g/mol. The number of nitrogens with zero attached hydrogens (tertiary/aromatic N) is 2. The van der Waals surface area contributed by atoms with Crippen LogP contribution in [0.25, 0.3) is 66.4 Å². The van der Waals surface area contributed by atoms with E-state index in [1.807, 2.05) is 0 Å². The zero-order chi connectivity index (χ0) is 43.8. The van der Waals surface area contributed by atoms with Gasteiger partial charge in [0.15, 0.2) is 0 Å². The van der Waals surface area contributed by atoms with E-state index < -0.39 is 0 Å². The molecular weight excluding hydrogens is 797 g/mol. The molecule has 66 heavy (non-hydrogen) atoms. The molecule has 0 N–H and O–H groups in total. The smallest absolute Gasteiger partial charge is 0.0629 e. The van der Waals surface area contributed by atoms with Gasteiger partial charge in [-0.3, -0.25) is 0 Å². The van der Waals surface area contributed by atoms with E-state index in [-0.39, 0.29) is 6.04 Å². The number of para-hydroxylation sites is 1. The van der Waals surface area contributed by atoms with E-state index in [9.17, 15) is 0 Å². The monoisotopic (exact) mass is 842 g/mol. The fourth-order valence-corrected chi connectivity index (χ4v) is 10.1. The van der Waals surface area contributed by atoms with Crippen molar-refractivity contribution in [3.63, 3.8) is 0 Å². The second-order valence-electron chi connectivity index (χ2n) is 17.3. The van der Waals surface area contributed by atoms with E-state index >= 15 is 0 Å². The lowest BCUT2D eigenvalue weighted by Crippen LogP contribution is -2.29. The third-order valence-electron chi connectivity index (χ3n) is 13.4. The Balaban J connectivity index is 0.937. The molecule has 1 aliphatic heterocycles. The van der Waals surface area contributed by atoms with Crippen LogP contribution in [-0.4, -0.2) is 6.04 Å². The summed E-state index contributed by atoms with van der Waals surface area (Å²) in [7, 11) is 0. The Morgan fingerprint density at radius 1 is 0.318 bits per heavy atom. The molecule has 10 aromatic rings. The lowest BCUT2D eigenvalue weighted by molar-refractivity contribution is 0.745. The van der Waals surface area contributed by atoms with E-state index in [4.69, 9.17) is 0 Å². The highest BCUT2D eigenvalue weighted by atomic mass is 15.2. The van der Waals surface area contributed by atoms with Crippen LogP contribution in [0.15, 0.2) is 267 Å². The molecule has 12 rings (SSSR count). The van der Waals surface area contributed by atoms with Gasteiger partial charge in [0.2, 0.25) is 0 Å². The normalized spacial score (nSPS) is 14.8. The Kier molecular flexibility index (Phi) is 10.0. The van der Waals surface area contributed by atoms with Gasteiger partial charge >= 0.3 is 0 Å². The fraction of sp³-hybridized carbons (Fsp3) is 0.0312. The summed E-state index contributed by atoms with van der Waals surface area (Å²) < 4.78 is 0. The van der Waals surface area contributed by atoms with Gasteiger partial charge in [-0.05, 0) is 115 Å². The van der Waals surface area contributed by atoms with E-state index in [1.165, 1.54) is 83.3 Å². The molecule has 2 aliphatic rings. The van der Waals surface area contributed by atoms with Crippen molar-refractivity contribution in [3.8, 4) is 55.6 Å². The van der Waals surface area contributed by atoms with E-state index in [2.05, 4.69) is 277 Å². The summed E-state index contributed by atoms with van der Waals surface area (Å²) in [5.41, 5.74) is 19.1. The van der Waals surface area contributed by atoms with Gasteiger partial charge in [-0.25, -0.2) is 0 Å². The molecule has 2 nitrogen and oxygen atoms in total. The van der Waals surface area contributed by atoms with Gasteiger partial charge in [0.25, 0.3) is 0 Å². The largest absolute Gasteiger partial charge is 0.333 e. The molecule has 1 heterocycles. The maximum absolute atomic E-state index is 2.57. The van der Waals surface area contributed by atoms with Crippen molar-refractivity contribution in [3.05, 3.63) is 273 Å². The highest BCUT2D eigenvalue weighted by Crippen LogP contribution is 2.51. The van der Waals surface area contributed by atoms with Gasteiger partial charge in [-0.15, -0.1) is 0 Å². The second-order valence-corrected chi connectivity index (χ2v) is 17.3. The predicted molar refractivity (Wildman–Crippen MR) is 279 cm³/mol. The molecule has 0 spiro atoms. The highest BCUT2D eigenvalue weighted by Gasteiger charge is 2.38. The minimum absolute atomic E-state index is 0.188. The van der Waals surface area contributed by atoms with Crippen LogP contribution in [0.1, 0.15) is 11.5 Å². The number of anilines is 5. The number of hydrogen-bond acceptors (Lipinski definition) is 2. The molecular formula is C64H46N2. The molecule has 0 saturated carbocycles. The lowest BCUT2D eigenvalue weighted by atomic mass is 9.91. The van der Waals surface area contributed by atoms with Crippen molar-refractivity contribution in [1.29, 1.82) is 0 Å². The summed E-state index contributed by atoms with van der Waals surface area (Å²) in [6.45, 7) is 0. The molecule has 312 valence electrons. The standard InChI is InChI=1S/C64H46N2/c1-3-14-45(15-4-1)47-26-28-48(29-27-47)49-30-37-54(38-31-49)65(55-39-32-51(33-40-55)58-23-13-19-50-18-7-8-20-57(50)58)56-41-34-52(35-42-56)59-43-36-53(46-16-5-2-6-17-46)44-64(59)66-62-24-11-9-21-60(62)61-22-10-12-25-63(61)66/h1-44,60,62H. The molecule has 0 amide bonds. The Bertz CT molecular complexity index is 3380. The molecule has 2 heteroatoms. The third kappa shape index (κ3) is 7.19. The SMILES string of the molecule is C1=CC2c3ccccc3N(c3cc(-c4ccccc4)ccc3-c3ccc(N(c4ccc(-c5ccc(-c6ccccc6)cc5)cc4)c4ccc(-c5cccc6ccccc56)cc4)cc3)C2C=C1. The predicted octanol–water partition coefficient (Wildman–Crippen LogP) is 17.4. The first-order chi connectivity index (χ1) is 32.7. The van der Waals surface area contributed by atoms with Crippen molar-refractivity contribution in [1.82, 2.24) is 0 Å². The van der Waals surface area contributed by atoms with Crippen LogP contribution in [-0.2, 0) is 0 Å². The summed E-state index contributed by atoms with van der Waals surface area (Å²) >= 11 is 0. The third-order valence-corrected chi connectivity index (χ3v) is 13.4. The van der Waals surface area contributed by atoms with Crippen molar-refractivity contribution in [2.45, 2.75) is 12.0 Å². The first kappa shape index (κ1) is 39.2. The second kappa shape index (κ2) is 16.9. The van der Waals surface area contributed by atoms with Crippen LogP contribution in [0.2, 0.25) is 0 Å². The quantitative estimate of drug-likeness (QED) is 0.143. The molecule has 0 aromatic heterocycles. The molecule has 0 fully saturated rings. The van der Waals surface area contributed by atoms with Crippen molar-refractivity contribution in [2.75, 3.05) is 9.80 Å². The number of fused-ring (bicyclic) bond motifs is 4. The first-order valence-corrected chi connectivity index (χ1v) is 22.9. The summed E-state index contributed by atoms with van der Waals surface area (Å²) in [5.74, 6) is 0.294. The maximum Gasteiger partial charge on any atom is 0.0629 e. The van der Waals surface area contributed by atoms with Gasteiger partial charge in [-0.2, -0.15) is 0 Å². The number of benzene rings is 10. The Labute approximate surface area is 387 Å². The van der Waals surface area contributed by atoms with Gasteiger partial charge in [0, 0.05) is 34.2 Å².